The van der Waals surface area contributed by atoms with Gasteiger partial charge in [-0.1, -0.05) is 108 Å². The summed E-state index contributed by atoms with van der Waals surface area (Å²) in [4.78, 5) is 12.3. The number of rotatable bonds is 6. The molecule has 0 unspecified atom stereocenters. The Kier molecular flexibility index (Phi) is 6.79. The molecule has 0 saturated heterocycles. The zero-order valence-corrected chi connectivity index (χ0v) is 22.5. The van der Waals surface area contributed by atoms with Gasteiger partial charge in [-0.2, -0.15) is 5.26 Å². The molecule has 0 aromatic heterocycles. The summed E-state index contributed by atoms with van der Waals surface area (Å²) in [5.74, 6) is -0.947. The van der Waals surface area contributed by atoms with Gasteiger partial charge in [-0.05, 0) is 41.2 Å². The van der Waals surface area contributed by atoms with Crippen LogP contribution in [0.3, 0.4) is 0 Å². The van der Waals surface area contributed by atoms with Gasteiger partial charge < -0.3 is 9.84 Å². The summed E-state index contributed by atoms with van der Waals surface area (Å²) >= 11 is 14.1. The van der Waals surface area contributed by atoms with Crippen LogP contribution in [-0.2, 0) is 4.79 Å². The molecule has 8 heteroatoms. The number of nitriles is 1. The lowest BCUT2D eigenvalue weighted by molar-refractivity contribution is -0.145. The molecule has 1 saturated carbocycles. The van der Waals surface area contributed by atoms with Crippen molar-refractivity contribution in [2.24, 2.45) is 16.7 Å². The van der Waals surface area contributed by atoms with Crippen LogP contribution in [0, 0.1) is 28.1 Å². The molecule has 0 heterocycles. The van der Waals surface area contributed by atoms with Crippen molar-refractivity contribution in [2.45, 2.75) is 26.7 Å². The smallest absolute Gasteiger partial charge is 0.312 e. The first kappa shape index (κ1) is 23.8. The fourth-order valence-corrected chi connectivity index (χ4v) is 6.40. The van der Waals surface area contributed by atoms with Gasteiger partial charge in [0.1, 0.15) is 13.6 Å². The van der Waals surface area contributed by atoms with E-state index in [2.05, 4.69) is 69.8 Å². The lowest BCUT2D eigenvalue weighted by Gasteiger charge is -2.25. The van der Waals surface area contributed by atoms with Crippen molar-refractivity contribution in [3.8, 4) is 17.6 Å². The van der Waals surface area contributed by atoms with Gasteiger partial charge in [-0.3, -0.25) is 4.79 Å². The Morgan fingerprint density at radius 1 is 1.13 bits per heavy atom. The zero-order chi connectivity index (χ0) is 22.3. The first-order chi connectivity index (χ1) is 14.0. The van der Waals surface area contributed by atoms with Crippen molar-refractivity contribution in [3.05, 3.63) is 60.2 Å². The minimum Gasteiger partial charge on any atom is -0.481 e. The maximum absolute atomic E-state index is 12.6. The van der Waals surface area contributed by atoms with Crippen LogP contribution in [0.1, 0.15) is 25.3 Å². The Labute approximate surface area is 209 Å². The number of carbonyl (C=O) groups is 1. The molecule has 0 radical (unpaired) electrons. The molecule has 1 aliphatic rings. The summed E-state index contributed by atoms with van der Waals surface area (Å²) in [5.41, 5.74) is -1.29. The Morgan fingerprint density at radius 2 is 1.73 bits per heavy atom. The lowest BCUT2D eigenvalue weighted by Crippen LogP contribution is -2.32. The fraction of sp³-hybridized carbons (Fsp3) is 0.364. The number of carboxylic acids is 1. The Hall–Kier alpha value is -0.880. The lowest BCUT2D eigenvalue weighted by atomic mass is 9.78. The van der Waals surface area contributed by atoms with Crippen LogP contribution in [-0.4, -0.2) is 18.0 Å². The van der Waals surface area contributed by atoms with E-state index in [4.69, 9.17) is 4.74 Å². The maximum Gasteiger partial charge on any atom is 0.312 e. The average molecular weight is 665 g/mol. The summed E-state index contributed by atoms with van der Waals surface area (Å²) in [7, 11) is 0. The van der Waals surface area contributed by atoms with Crippen molar-refractivity contribution in [2.75, 3.05) is 0 Å². The van der Waals surface area contributed by atoms with Crippen LogP contribution in [0.15, 0.2) is 54.6 Å². The molecule has 0 aliphatic heterocycles. The van der Waals surface area contributed by atoms with Crippen LogP contribution < -0.4 is 4.74 Å². The van der Waals surface area contributed by atoms with Crippen LogP contribution in [0.2, 0.25) is 0 Å². The molecule has 4 atom stereocenters. The van der Waals surface area contributed by atoms with E-state index in [0.717, 1.165) is 0 Å². The molecule has 1 N–H and O–H groups in total. The molecule has 158 valence electrons. The Balaban J connectivity index is 2.03. The third-order valence-corrected chi connectivity index (χ3v) is 10.5. The topological polar surface area (TPSA) is 70.3 Å². The molecule has 3 rings (SSSR count). The summed E-state index contributed by atoms with van der Waals surface area (Å²) in [6, 6.07) is 18.7. The van der Waals surface area contributed by atoms with Gasteiger partial charge >= 0.3 is 5.97 Å². The molecule has 0 bridgehead atoms. The Bertz CT molecular complexity index is 984. The highest BCUT2D eigenvalue weighted by atomic mass is 80.0. The van der Waals surface area contributed by atoms with E-state index < -0.39 is 24.9 Å². The first-order valence-electron chi connectivity index (χ1n) is 9.14. The van der Waals surface area contributed by atoms with Gasteiger partial charge in [-0.15, -0.1) is 0 Å². The Morgan fingerprint density at radius 3 is 2.27 bits per heavy atom. The van der Waals surface area contributed by atoms with E-state index in [-0.39, 0.29) is 10.7 Å². The molecule has 1 aliphatic carbocycles. The number of ether oxygens (including phenoxy) is 1. The molecule has 2 aromatic rings. The number of hydrogen-bond acceptors (Lipinski definition) is 3. The predicted molar refractivity (Wildman–Crippen MR) is 131 cm³/mol. The van der Waals surface area contributed by atoms with Gasteiger partial charge in [0.05, 0.1) is 22.2 Å². The fourth-order valence-electron chi connectivity index (χ4n) is 4.53. The molecule has 0 spiro atoms. The van der Waals surface area contributed by atoms with Crippen LogP contribution in [0.5, 0.6) is 11.5 Å². The highest BCUT2D eigenvalue weighted by molar-refractivity contribution is 9.40. The number of aliphatic carboxylic acids is 1. The van der Waals surface area contributed by atoms with Crippen molar-refractivity contribution in [1.29, 1.82) is 5.26 Å². The number of alkyl halides is 4. The van der Waals surface area contributed by atoms with Gasteiger partial charge in [0.15, 0.2) is 0 Å². The molecular formula is C22H19Br4NO3. The molecule has 30 heavy (non-hydrogen) atoms. The highest BCUT2D eigenvalue weighted by Gasteiger charge is 2.81. The van der Waals surface area contributed by atoms with Crippen LogP contribution in [0.4, 0.5) is 0 Å². The average Bonchev–Trinajstić information content (AvgIpc) is 3.19. The summed E-state index contributed by atoms with van der Waals surface area (Å²) in [6.07, 6.45) is 0. The van der Waals surface area contributed by atoms with Crippen molar-refractivity contribution < 1.29 is 14.6 Å². The second-order valence-corrected chi connectivity index (χ2v) is 15.8. The minimum atomic E-state index is -1.28. The van der Waals surface area contributed by atoms with Crippen LogP contribution in [0.25, 0.3) is 0 Å². The maximum atomic E-state index is 12.6. The molecule has 0 amide bonds. The van der Waals surface area contributed by atoms with Crippen molar-refractivity contribution in [1.82, 2.24) is 0 Å². The zero-order valence-electron chi connectivity index (χ0n) is 16.2. The number of halogens is 4. The van der Waals surface area contributed by atoms with E-state index >= 15 is 0 Å². The largest absolute Gasteiger partial charge is 0.481 e. The van der Waals surface area contributed by atoms with E-state index in [9.17, 15) is 15.2 Å². The summed E-state index contributed by atoms with van der Waals surface area (Å²) in [6.45, 7) is 3.79. The normalized spacial score (nSPS) is 24.4. The van der Waals surface area contributed by atoms with E-state index in [1.165, 1.54) is 0 Å². The minimum absolute atomic E-state index is 0.296. The number of para-hydroxylation sites is 1. The number of hydrogen-bond donors (Lipinski definition) is 1. The van der Waals surface area contributed by atoms with Crippen molar-refractivity contribution >= 4 is 69.7 Å². The van der Waals surface area contributed by atoms with E-state index in [0.29, 0.717) is 17.1 Å². The highest BCUT2D eigenvalue weighted by Crippen LogP contribution is 2.78. The molecule has 2 aromatic carbocycles. The van der Waals surface area contributed by atoms with Crippen LogP contribution >= 0.6 is 63.7 Å². The summed E-state index contributed by atoms with van der Waals surface area (Å²) in [5, 5.41) is 20.5. The predicted octanol–water partition coefficient (Wildman–Crippen LogP) is 7.42. The number of benzene rings is 2. The second kappa shape index (κ2) is 8.57. The second-order valence-electron chi connectivity index (χ2n) is 7.87. The van der Waals surface area contributed by atoms with Gasteiger partial charge in [-0.25, -0.2) is 0 Å². The SMILES string of the molecule is CC1(C)[C@H]([C@@H](Br)C(Br)(Br)Br)[C@]1(C(=O)O)[C@@H](C#N)c1cccc(Oc2ccccc2)c1. The third-order valence-electron chi connectivity index (χ3n) is 5.96. The number of carboxylic acid groups (broad SMARTS) is 1. The standard InChI is InChI=1S/C22H19Br4NO3/c1-20(2)17(18(23)22(24,25)26)21(20,19(28)29)16(12-27)13-7-6-10-15(11-13)30-14-8-4-3-5-9-14/h3-11,16-18H,1-2H3,(H,28,29)/t16-,17-,18+,21-/m0/s1. The monoisotopic (exact) mass is 661 g/mol. The van der Waals surface area contributed by atoms with Gasteiger partial charge in [0, 0.05) is 0 Å². The third kappa shape index (κ3) is 3.99. The quantitative estimate of drug-likeness (QED) is 0.327. The van der Waals surface area contributed by atoms with E-state index in [1.807, 2.05) is 44.2 Å². The number of nitrogens with zero attached hydrogens (tertiary/aromatic N) is 1. The van der Waals surface area contributed by atoms with Crippen molar-refractivity contribution in [3.63, 3.8) is 0 Å². The first-order valence-corrected chi connectivity index (χ1v) is 12.4. The molecule has 4 nitrogen and oxygen atoms in total. The van der Waals surface area contributed by atoms with Gasteiger partial charge in [0.2, 0.25) is 0 Å². The summed E-state index contributed by atoms with van der Waals surface area (Å²) < 4.78 is 5.20. The van der Waals surface area contributed by atoms with E-state index in [1.54, 1.807) is 24.3 Å². The van der Waals surface area contributed by atoms with Gasteiger partial charge in [0.25, 0.3) is 0 Å². The molecule has 1 fully saturated rings. The molecular weight excluding hydrogens is 646 g/mol.